The van der Waals surface area contributed by atoms with Crippen molar-refractivity contribution in [2.24, 2.45) is 0 Å². The molecule has 0 fully saturated rings. The Bertz CT molecular complexity index is 1570. The van der Waals surface area contributed by atoms with E-state index in [4.69, 9.17) is 18.5 Å². The standard InChI is InChI=1S/C83H164NO8P/c1-6-8-10-12-14-16-18-20-22-24-26-28-30-32-34-36-38-40-42-44-46-48-50-52-54-56-58-60-62-64-66-68-70-72-74-76-83(86)92-81(80-91-93(87,88)90-78-77-84(3,4)5)79-89-82(85)75-73-71-69-67-65-63-61-59-57-55-53-51-49-47-45-43-41-39-37-35-33-31-29-27-25-23-21-19-17-15-13-11-9-7-2/h24,26,81H,6-23,25,27-80H2,1-5H3/p+1/b26-24-. The van der Waals surface area contributed by atoms with Crippen molar-refractivity contribution in [2.75, 3.05) is 47.5 Å². The zero-order valence-corrected chi connectivity index (χ0v) is 64.4. The van der Waals surface area contributed by atoms with Crippen molar-refractivity contribution in [2.45, 2.75) is 463 Å². The first-order valence-corrected chi connectivity index (χ1v) is 43.4. The second-order valence-corrected chi connectivity index (χ2v) is 31.7. The normalized spacial score (nSPS) is 13.0. The fourth-order valence-electron chi connectivity index (χ4n) is 13.1. The highest BCUT2D eigenvalue weighted by atomic mass is 31.2. The van der Waals surface area contributed by atoms with Gasteiger partial charge in [-0.05, 0) is 38.5 Å². The Morgan fingerprint density at radius 3 is 0.796 bits per heavy atom. The molecule has 10 heteroatoms. The third-order valence-corrected chi connectivity index (χ3v) is 20.5. The molecule has 0 aromatic heterocycles. The first-order chi connectivity index (χ1) is 45.5. The van der Waals surface area contributed by atoms with Crippen LogP contribution in [0.2, 0.25) is 0 Å². The van der Waals surface area contributed by atoms with Crippen molar-refractivity contribution in [1.29, 1.82) is 0 Å². The van der Waals surface area contributed by atoms with Gasteiger partial charge in [-0.3, -0.25) is 18.6 Å². The van der Waals surface area contributed by atoms with Crippen molar-refractivity contribution < 1.29 is 42.1 Å². The summed E-state index contributed by atoms with van der Waals surface area (Å²) < 4.78 is 34.9. The number of nitrogens with zero attached hydrogens (tertiary/aromatic N) is 1. The van der Waals surface area contributed by atoms with E-state index in [1.165, 1.54) is 392 Å². The van der Waals surface area contributed by atoms with E-state index in [1.54, 1.807) is 0 Å². The van der Waals surface area contributed by atoms with Gasteiger partial charge < -0.3 is 18.9 Å². The minimum Gasteiger partial charge on any atom is -0.462 e. The monoisotopic (exact) mass is 1340 g/mol. The molecule has 0 saturated heterocycles. The van der Waals surface area contributed by atoms with Crippen LogP contribution in [0.15, 0.2) is 12.2 Å². The second-order valence-electron chi connectivity index (χ2n) is 30.2. The molecule has 0 aliphatic rings. The number of ether oxygens (including phenoxy) is 2. The van der Waals surface area contributed by atoms with Gasteiger partial charge in [0.15, 0.2) is 6.10 Å². The van der Waals surface area contributed by atoms with Gasteiger partial charge in [-0.15, -0.1) is 0 Å². The number of hydrogen-bond donors (Lipinski definition) is 1. The number of hydrogen-bond acceptors (Lipinski definition) is 7. The van der Waals surface area contributed by atoms with Gasteiger partial charge in [-0.1, -0.05) is 418 Å². The SMILES string of the molecule is CCCCCCCCCC/C=C\CCCCCCCCCCCCCCCCCCCCCCCCCC(=O)OC(COC(=O)CCCCCCCCCCCCCCCCCCCCCCCCCCCCCCCCCCCC)COP(=O)(O)OCC[N+](C)(C)C. The molecule has 0 radical (unpaired) electrons. The predicted molar refractivity (Wildman–Crippen MR) is 405 cm³/mol. The zero-order valence-electron chi connectivity index (χ0n) is 63.6. The molecule has 2 unspecified atom stereocenters. The van der Waals surface area contributed by atoms with Gasteiger partial charge in [0.2, 0.25) is 0 Å². The lowest BCUT2D eigenvalue weighted by Gasteiger charge is -2.24. The molecule has 0 amide bonds. The Balaban J connectivity index is 3.87. The number of allylic oxidation sites excluding steroid dienone is 2. The van der Waals surface area contributed by atoms with Crippen LogP contribution >= 0.6 is 7.82 Å². The Labute approximate surface area is 581 Å². The highest BCUT2D eigenvalue weighted by Crippen LogP contribution is 2.43. The molecule has 0 spiro atoms. The average Bonchev–Trinajstić information content (AvgIpc) is 2.44. The maximum Gasteiger partial charge on any atom is 0.472 e. The molecule has 0 aromatic rings. The fourth-order valence-corrected chi connectivity index (χ4v) is 13.9. The first-order valence-electron chi connectivity index (χ1n) is 41.9. The second kappa shape index (κ2) is 75.0. The van der Waals surface area contributed by atoms with Crippen molar-refractivity contribution in [3.63, 3.8) is 0 Å². The molecule has 554 valence electrons. The van der Waals surface area contributed by atoms with Crippen LogP contribution in [-0.2, 0) is 32.7 Å². The van der Waals surface area contributed by atoms with E-state index < -0.39 is 26.5 Å². The number of phosphoric ester groups is 1. The van der Waals surface area contributed by atoms with Gasteiger partial charge in [0.1, 0.15) is 19.8 Å². The number of unbranched alkanes of at least 4 members (excludes halogenated alkanes) is 64. The molecule has 0 aliphatic heterocycles. The van der Waals surface area contributed by atoms with Gasteiger partial charge in [0, 0.05) is 12.8 Å². The summed E-state index contributed by atoms with van der Waals surface area (Å²) in [5.74, 6) is -0.765. The van der Waals surface area contributed by atoms with Crippen LogP contribution in [0.25, 0.3) is 0 Å². The number of esters is 2. The first kappa shape index (κ1) is 91.8. The summed E-state index contributed by atoms with van der Waals surface area (Å²) >= 11 is 0. The molecular formula is C83H165NO8P+. The Kier molecular flexibility index (Phi) is 74.0. The maximum atomic E-state index is 12.9. The van der Waals surface area contributed by atoms with E-state index >= 15 is 0 Å². The molecule has 93 heavy (non-hydrogen) atoms. The van der Waals surface area contributed by atoms with Gasteiger partial charge >= 0.3 is 19.8 Å². The third-order valence-electron chi connectivity index (χ3n) is 19.5. The van der Waals surface area contributed by atoms with Crippen LogP contribution in [0.4, 0.5) is 0 Å². The minimum atomic E-state index is -4.39. The zero-order chi connectivity index (χ0) is 67.6. The number of carbonyl (C=O) groups excluding carboxylic acids is 2. The van der Waals surface area contributed by atoms with Gasteiger partial charge in [0.05, 0.1) is 27.7 Å². The van der Waals surface area contributed by atoms with Crippen molar-refractivity contribution in [1.82, 2.24) is 0 Å². The molecule has 0 saturated carbocycles. The van der Waals surface area contributed by atoms with E-state index in [0.29, 0.717) is 17.4 Å². The van der Waals surface area contributed by atoms with E-state index in [9.17, 15) is 19.0 Å². The van der Waals surface area contributed by atoms with Gasteiger partial charge in [-0.25, -0.2) is 4.57 Å². The van der Waals surface area contributed by atoms with E-state index in [-0.39, 0.29) is 25.6 Å². The van der Waals surface area contributed by atoms with E-state index in [1.807, 2.05) is 21.1 Å². The highest BCUT2D eigenvalue weighted by molar-refractivity contribution is 7.47. The lowest BCUT2D eigenvalue weighted by atomic mass is 10.0. The Hall–Kier alpha value is -1.25. The number of quaternary nitrogens is 1. The predicted octanol–water partition coefficient (Wildman–Crippen LogP) is 27.8. The summed E-state index contributed by atoms with van der Waals surface area (Å²) in [5.41, 5.74) is 0. The summed E-state index contributed by atoms with van der Waals surface area (Å²) in [4.78, 5) is 36.0. The molecule has 0 aliphatic carbocycles. The topological polar surface area (TPSA) is 108 Å². The van der Waals surface area contributed by atoms with E-state index in [2.05, 4.69) is 26.0 Å². The quantitative estimate of drug-likeness (QED) is 0.0211. The maximum absolute atomic E-state index is 12.9. The Morgan fingerprint density at radius 1 is 0.323 bits per heavy atom. The molecule has 0 bridgehead atoms. The van der Waals surface area contributed by atoms with Crippen LogP contribution in [0.5, 0.6) is 0 Å². The summed E-state index contributed by atoms with van der Waals surface area (Å²) in [7, 11) is 1.51. The van der Waals surface area contributed by atoms with Crippen LogP contribution in [0.1, 0.15) is 457 Å². The number of rotatable bonds is 80. The van der Waals surface area contributed by atoms with Crippen molar-refractivity contribution in [3.05, 3.63) is 12.2 Å². The van der Waals surface area contributed by atoms with E-state index in [0.717, 1.165) is 38.5 Å². The molecule has 0 aromatic carbocycles. The summed E-state index contributed by atoms with van der Waals surface area (Å²) in [6, 6.07) is 0. The van der Waals surface area contributed by atoms with Gasteiger partial charge in [0.25, 0.3) is 0 Å². The molecule has 9 nitrogen and oxygen atoms in total. The molecule has 0 heterocycles. The molecular weight excluding hydrogens is 1170 g/mol. The van der Waals surface area contributed by atoms with Crippen LogP contribution in [0.3, 0.4) is 0 Å². The summed E-state index contributed by atoms with van der Waals surface area (Å²) in [5, 5.41) is 0. The van der Waals surface area contributed by atoms with Crippen molar-refractivity contribution in [3.8, 4) is 0 Å². The van der Waals surface area contributed by atoms with Crippen LogP contribution in [0, 0.1) is 0 Å². The van der Waals surface area contributed by atoms with Crippen molar-refractivity contribution >= 4 is 19.8 Å². The van der Waals surface area contributed by atoms with Gasteiger partial charge in [-0.2, -0.15) is 0 Å². The number of carbonyl (C=O) groups is 2. The summed E-state index contributed by atoms with van der Waals surface area (Å²) in [6.45, 7) is 4.54. The Morgan fingerprint density at radius 2 is 0.548 bits per heavy atom. The minimum absolute atomic E-state index is 0.0371. The largest absolute Gasteiger partial charge is 0.472 e. The summed E-state index contributed by atoms with van der Waals surface area (Å²) in [6.07, 6.45) is 95.3. The molecule has 2 atom stereocenters. The number of phosphoric acid groups is 1. The smallest absolute Gasteiger partial charge is 0.462 e. The lowest BCUT2D eigenvalue weighted by Crippen LogP contribution is -2.37. The van der Waals surface area contributed by atoms with Crippen LogP contribution in [-0.4, -0.2) is 74.9 Å². The highest BCUT2D eigenvalue weighted by Gasteiger charge is 2.27. The average molecular weight is 1340 g/mol. The third kappa shape index (κ3) is 79.6. The fraction of sp³-hybridized carbons (Fsp3) is 0.952. The van der Waals surface area contributed by atoms with Crippen LogP contribution < -0.4 is 0 Å². The lowest BCUT2D eigenvalue weighted by molar-refractivity contribution is -0.870. The molecule has 0 rings (SSSR count). The number of likely N-dealkylation sites (N-methyl/N-ethyl adjacent to an activating group) is 1. The molecule has 1 N–H and O–H groups in total.